The lowest BCUT2D eigenvalue weighted by molar-refractivity contribution is -0.144. The Bertz CT molecular complexity index is 761. The van der Waals surface area contributed by atoms with Crippen molar-refractivity contribution in [2.24, 2.45) is 7.05 Å². The van der Waals surface area contributed by atoms with Gasteiger partial charge in [0, 0.05) is 12.6 Å². The van der Waals surface area contributed by atoms with Crippen LogP contribution in [0.4, 0.5) is 17.6 Å². The van der Waals surface area contributed by atoms with Crippen molar-refractivity contribution in [2.75, 3.05) is 0 Å². The molecule has 1 N–H and O–H groups in total. The fraction of sp³-hybridized carbons (Fsp3) is 0.167. The quantitative estimate of drug-likeness (QED) is 0.787. The SMILES string of the molecule is Cn1nc(-c2cc(O)c(C#N)cc2F)c(Br)c1C(F)(F)F. The van der Waals surface area contributed by atoms with Gasteiger partial charge >= 0.3 is 6.18 Å². The number of benzene rings is 1. The summed E-state index contributed by atoms with van der Waals surface area (Å²) in [5, 5.41) is 21.8. The molecule has 0 spiro atoms. The van der Waals surface area contributed by atoms with E-state index in [-0.39, 0.29) is 16.8 Å². The lowest BCUT2D eigenvalue weighted by atomic mass is 10.1. The number of aryl methyl sites for hydroxylation is 1. The average Bonchev–Trinajstić information content (AvgIpc) is 2.66. The van der Waals surface area contributed by atoms with Gasteiger partial charge in [-0.05, 0) is 28.1 Å². The van der Waals surface area contributed by atoms with Gasteiger partial charge in [-0.3, -0.25) is 4.68 Å². The molecule has 9 heteroatoms. The molecule has 0 atom stereocenters. The Morgan fingerprint density at radius 1 is 1.38 bits per heavy atom. The van der Waals surface area contributed by atoms with E-state index in [2.05, 4.69) is 21.0 Å². The molecule has 4 nitrogen and oxygen atoms in total. The van der Waals surface area contributed by atoms with Gasteiger partial charge in [-0.25, -0.2) is 4.39 Å². The number of aromatic nitrogens is 2. The first kappa shape index (κ1) is 15.3. The standard InChI is InChI=1S/C12H6BrF4N3O/c1-20-11(12(15,16)17)9(13)10(19-20)6-3-8(21)5(4-18)2-7(6)14/h2-3,21H,1H3. The molecule has 1 aromatic heterocycles. The van der Waals surface area contributed by atoms with Gasteiger partial charge in [-0.2, -0.15) is 23.5 Å². The molecule has 0 aliphatic rings. The number of hydrogen-bond acceptors (Lipinski definition) is 3. The summed E-state index contributed by atoms with van der Waals surface area (Å²) >= 11 is 2.75. The topological polar surface area (TPSA) is 61.8 Å². The Morgan fingerprint density at radius 3 is 2.48 bits per heavy atom. The zero-order valence-corrected chi connectivity index (χ0v) is 11.9. The third-order valence-corrected chi connectivity index (χ3v) is 3.47. The van der Waals surface area contributed by atoms with Gasteiger partial charge in [0.25, 0.3) is 0 Å². The number of aromatic hydroxyl groups is 1. The van der Waals surface area contributed by atoms with Crippen LogP contribution in [-0.2, 0) is 13.2 Å². The summed E-state index contributed by atoms with van der Waals surface area (Å²) in [6.07, 6.45) is -4.68. The first-order valence-corrected chi connectivity index (χ1v) is 6.18. The molecule has 2 rings (SSSR count). The summed E-state index contributed by atoms with van der Waals surface area (Å²) in [5.74, 6) is -1.50. The van der Waals surface area contributed by atoms with E-state index in [4.69, 9.17) is 5.26 Å². The first-order valence-electron chi connectivity index (χ1n) is 5.39. The predicted octanol–water partition coefficient (Wildman–Crippen LogP) is 3.58. The van der Waals surface area contributed by atoms with Gasteiger partial charge in [-0.1, -0.05) is 0 Å². The molecule has 21 heavy (non-hydrogen) atoms. The lowest BCUT2D eigenvalue weighted by Crippen LogP contribution is -2.12. The maximum atomic E-state index is 13.9. The van der Waals surface area contributed by atoms with E-state index in [0.29, 0.717) is 4.68 Å². The molecule has 110 valence electrons. The Balaban J connectivity index is 2.70. The van der Waals surface area contributed by atoms with Crippen molar-refractivity contribution in [3.63, 3.8) is 0 Å². The van der Waals surface area contributed by atoms with Gasteiger partial charge < -0.3 is 5.11 Å². The second-order valence-electron chi connectivity index (χ2n) is 4.09. The smallest absolute Gasteiger partial charge is 0.434 e. The molecule has 1 aromatic carbocycles. The van der Waals surface area contributed by atoms with Gasteiger partial charge in [0.05, 0.1) is 10.0 Å². The molecule has 0 radical (unpaired) electrons. The van der Waals surface area contributed by atoms with Gasteiger partial charge in [0.1, 0.15) is 23.3 Å². The van der Waals surface area contributed by atoms with E-state index in [0.717, 1.165) is 19.2 Å². The Kier molecular flexibility index (Phi) is 3.67. The molecule has 1 heterocycles. The van der Waals surface area contributed by atoms with Crippen LogP contribution in [0, 0.1) is 17.1 Å². The highest BCUT2D eigenvalue weighted by Crippen LogP contribution is 2.41. The number of halogens is 5. The van der Waals surface area contributed by atoms with E-state index in [1.54, 1.807) is 6.07 Å². The molecule has 0 aliphatic carbocycles. The van der Waals surface area contributed by atoms with Gasteiger partial charge in [-0.15, -0.1) is 0 Å². The first-order chi connectivity index (χ1) is 9.66. The number of hydrogen-bond donors (Lipinski definition) is 1. The Morgan fingerprint density at radius 2 is 2.00 bits per heavy atom. The van der Waals surface area contributed by atoms with E-state index < -0.39 is 27.9 Å². The van der Waals surface area contributed by atoms with Crippen LogP contribution in [0.2, 0.25) is 0 Å². The summed E-state index contributed by atoms with van der Waals surface area (Å²) < 4.78 is 52.6. The van der Waals surface area contributed by atoms with Crippen molar-refractivity contribution in [3.05, 3.63) is 33.7 Å². The Hall–Kier alpha value is -2.08. The number of alkyl halides is 3. The highest BCUT2D eigenvalue weighted by atomic mass is 79.9. The largest absolute Gasteiger partial charge is 0.507 e. The van der Waals surface area contributed by atoms with Gasteiger partial charge in [0.15, 0.2) is 5.69 Å². The third kappa shape index (κ3) is 2.58. The number of nitriles is 1. The zero-order valence-electron chi connectivity index (χ0n) is 10.3. The predicted molar refractivity (Wildman–Crippen MR) is 67.7 cm³/mol. The van der Waals surface area contributed by atoms with Gasteiger partial charge in [0.2, 0.25) is 0 Å². The van der Waals surface area contributed by atoms with Crippen molar-refractivity contribution in [1.82, 2.24) is 9.78 Å². The highest BCUT2D eigenvalue weighted by molar-refractivity contribution is 9.10. The number of phenolic OH excluding ortho intramolecular Hbond substituents is 1. The summed E-state index contributed by atoms with van der Waals surface area (Å²) in [6, 6.07) is 3.16. The molecule has 0 fully saturated rings. The van der Waals surface area contributed by atoms with Crippen LogP contribution in [0.15, 0.2) is 16.6 Å². The van der Waals surface area contributed by atoms with Crippen molar-refractivity contribution >= 4 is 15.9 Å². The molecule has 0 amide bonds. The van der Waals surface area contributed by atoms with Crippen LogP contribution >= 0.6 is 15.9 Å². The minimum Gasteiger partial charge on any atom is -0.507 e. The fourth-order valence-corrected chi connectivity index (χ4v) is 2.59. The molecule has 0 saturated heterocycles. The van der Waals surface area contributed by atoms with Crippen molar-refractivity contribution in [1.29, 1.82) is 5.26 Å². The lowest BCUT2D eigenvalue weighted by Gasteiger charge is -2.06. The van der Waals surface area contributed by atoms with E-state index in [1.807, 2.05) is 0 Å². The maximum Gasteiger partial charge on any atom is 0.434 e. The van der Waals surface area contributed by atoms with Crippen LogP contribution in [0.1, 0.15) is 11.3 Å². The summed E-state index contributed by atoms with van der Waals surface area (Å²) in [5.41, 5.74) is -2.06. The molecule has 0 aliphatic heterocycles. The normalized spacial score (nSPS) is 11.5. The second-order valence-corrected chi connectivity index (χ2v) is 4.89. The average molecular weight is 364 g/mol. The molecule has 0 bridgehead atoms. The van der Waals surface area contributed by atoms with Crippen LogP contribution in [0.3, 0.4) is 0 Å². The second kappa shape index (κ2) is 5.04. The minimum absolute atomic E-state index is 0.317. The van der Waals surface area contributed by atoms with Crippen molar-refractivity contribution in [3.8, 4) is 23.1 Å². The van der Waals surface area contributed by atoms with Crippen molar-refractivity contribution in [2.45, 2.75) is 6.18 Å². The van der Waals surface area contributed by atoms with E-state index in [9.17, 15) is 22.7 Å². The highest BCUT2D eigenvalue weighted by Gasteiger charge is 2.39. The van der Waals surface area contributed by atoms with Crippen LogP contribution in [0.25, 0.3) is 11.3 Å². The van der Waals surface area contributed by atoms with E-state index >= 15 is 0 Å². The summed E-state index contributed by atoms with van der Waals surface area (Å²) in [7, 11) is 1.07. The molecule has 0 saturated carbocycles. The van der Waals surface area contributed by atoms with Crippen LogP contribution in [-0.4, -0.2) is 14.9 Å². The molecule has 2 aromatic rings. The molecular weight excluding hydrogens is 358 g/mol. The van der Waals surface area contributed by atoms with Crippen molar-refractivity contribution < 1.29 is 22.7 Å². The van der Waals surface area contributed by atoms with Crippen LogP contribution in [0.5, 0.6) is 5.75 Å². The Labute approximate surface area is 124 Å². The van der Waals surface area contributed by atoms with Crippen LogP contribution < -0.4 is 0 Å². The number of phenols is 1. The number of nitrogens with zero attached hydrogens (tertiary/aromatic N) is 3. The zero-order chi connectivity index (χ0) is 15.9. The van der Waals surface area contributed by atoms with E-state index in [1.165, 1.54) is 0 Å². The summed E-state index contributed by atoms with van der Waals surface area (Å²) in [6.45, 7) is 0. The minimum atomic E-state index is -4.68. The molecular formula is C12H6BrF4N3O. The summed E-state index contributed by atoms with van der Waals surface area (Å²) in [4.78, 5) is 0. The monoisotopic (exact) mass is 363 g/mol. The molecule has 0 unspecified atom stereocenters. The third-order valence-electron chi connectivity index (χ3n) is 2.72. The fourth-order valence-electron chi connectivity index (χ4n) is 1.81. The maximum absolute atomic E-state index is 13.9. The number of rotatable bonds is 1.